The molecule has 1 aliphatic rings. The lowest BCUT2D eigenvalue weighted by molar-refractivity contribution is -0.144. The molecule has 1 aliphatic heterocycles. The van der Waals surface area contributed by atoms with Crippen molar-refractivity contribution in [3.05, 3.63) is 64.0 Å². The molecule has 1 N–H and O–H groups in total. The Kier molecular flexibility index (Phi) is 9.57. The number of hydrogen-bond donors (Lipinski definition) is 1. The van der Waals surface area contributed by atoms with Gasteiger partial charge in [-0.15, -0.1) is 11.3 Å². The maximum atomic E-state index is 11.5. The Hall–Kier alpha value is -3.45. The van der Waals surface area contributed by atoms with Crippen LogP contribution in [0.5, 0.6) is 5.75 Å². The molecule has 2 heterocycles. The Morgan fingerprint density at radius 2 is 2.13 bits per heavy atom. The van der Waals surface area contributed by atoms with Crippen LogP contribution < -0.4 is 9.64 Å². The number of rotatable bonds is 11. The number of thiazole rings is 1. The lowest BCUT2D eigenvalue weighted by Gasteiger charge is -2.34. The number of ether oxygens (including phenoxy) is 2. The van der Waals surface area contributed by atoms with Crippen LogP contribution in [-0.4, -0.2) is 61.4 Å². The number of aryl methyl sites for hydroxylation is 1. The van der Waals surface area contributed by atoms with Gasteiger partial charge < -0.3 is 19.5 Å². The van der Waals surface area contributed by atoms with Crippen LogP contribution in [0.1, 0.15) is 35.6 Å². The summed E-state index contributed by atoms with van der Waals surface area (Å²) in [6.07, 6.45) is 0.619. The summed E-state index contributed by atoms with van der Waals surface area (Å²) in [5.74, 6) is -0.246. The van der Waals surface area contributed by atoms with Crippen molar-refractivity contribution in [3.8, 4) is 23.1 Å². The first-order valence-electron chi connectivity index (χ1n) is 13.2. The fraction of sp³-hybridized carbons (Fsp3) is 0.433. The quantitative estimate of drug-likeness (QED) is 0.349. The van der Waals surface area contributed by atoms with Gasteiger partial charge in [0, 0.05) is 49.8 Å². The maximum Gasteiger partial charge on any atom is 0.306 e. The number of benzene rings is 2. The molecule has 0 saturated carbocycles. The summed E-state index contributed by atoms with van der Waals surface area (Å²) in [7, 11) is 3.72. The molecule has 2 aromatic carbocycles. The van der Waals surface area contributed by atoms with Crippen molar-refractivity contribution in [2.24, 2.45) is 11.8 Å². The number of hydrogen-bond acceptors (Lipinski definition) is 8. The van der Waals surface area contributed by atoms with E-state index in [-0.39, 0.29) is 18.4 Å². The molecule has 39 heavy (non-hydrogen) atoms. The second-order valence-electron chi connectivity index (χ2n) is 10.3. The Bertz CT molecular complexity index is 1330. The molecule has 1 fully saturated rings. The van der Waals surface area contributed by atoms with E-state index in [1.165, 1.54) is 0 Å². The summed E-state index contributed by atoms with van der Waals surface area (Å²) in [5.41, 5.74) is 5.35. The number of carboxylic acid groups (broad SMARTS) is 1. The van der Waals surface area contributed by atoms with Gasteiger partial charge in [-0.1, -0.05) is 30.7 Å². The third-order valence-electron chi connectivity index (χ3n) is 7.20. The van der Waals surface area contributed by atoms with Crippen molar-refractivity contribution in [1.29, 1.82) is 5.26 Å². The molecule has 0 amide bonds. The van der Waals surface area contributed by atoms with E-state index in [4.69, 9.17) is 14.5 Å². The zero-order valence-electron chi connectivity index (χ0n) is 23.0. The molecule has 0 bridgehead atoms. The van der Waals surface area contributed by atoms with Crippen molar-refractivity contribution in [2.45, 2.75) is 33.4 Å². The number of nitrogens with zero attached hydrogens (tertiary/aromatic N) is 4. The highest BCUT2D eigenvalue weighted by atomic mass is 32.1. The third-order valence-corrected chi connectivity index (χ3v) is 8.11. The van der Waals surface area contributed by atoms with Crippen molar-refractivity contribution >= 4 is 22.4 Å². The molecule has 1 saturated heterocycles. The number of anilines is 1. The molecular formula is C30H36N4O4S. The standard InChI is InChI=1S/C30H36N4O4S/c1-20-5-8-28(38-18-23-7-6-22(14-24(23)15-31)17-33(3)11-12-37-4)26(13-20)27-19-39-30(32-27)34-10-9-25(29(35)36)21(2)16-34/h5-8,13-14,19,21,25H,9-12,16-18H2,1-4H3,(H,35,36)/t21?,25-/m1/s1. The van der Waals surface area contributed by atoms with E-state index in [1.807, 2.05) is 56.6 Å². The van der Waals surface area contributed by atoms with Gasteiger partial charge in [-0.3, -0.25) is 9.69 Å². The molecule has 0 radical (unpaired) electrons. The molecule has 206 valence electrons. The van der Waals surface area contributed by atoms with Crippen LogP contribution in [0.2, 0.25) is 0 Å². The summed E-state index contributed by atoms with van der Waals surface area (Å²) in [5, 5.41) is 22.2. The van der Waals surface area contributed by atoms with E-state index in [9.17, 15) is 15.2 Å². The van der Waals surface area contributed by atoms with Gasteiger partial charge in [0.25, 0.3) is 0 Å². The topological polar surface area (TPSA) is 98.9 Å². The van der Waals surface area contributed by atoms with Crippen molar-refractivity contribution in [2.75, 3.05) is 45.3 Å². The number of nitriles is 1. The smallest absolute Gasteiger partial charge is 0.306 e. The number of carboxylic acids is 1. The highest BCUT2D eigenvalue weighted by Gasteiger charge is 2.32. The first-order chi connectivity index (χ1) is 18.8. The van der Waals surface area contributed by atoms with E-state index < -0.39 is 5.97 Å². The van der Waals surface area contributed by atoms with Crippen LogP contribution in [0.3, 0.4) is 0 Å². The molecule has 3 aromatic rings. The van der Waals surface area contributed by atoms with Crippen LogP contribution >= 0.6 is 11.3 Å². The lowest BCUT2D eigenvalue weighted by atomic mass is 9.87. The van der Waals surface area contributed by atoms with E-state index in [2.05, 4.69) is 21.9 Å². The highest BCUT2D eigenvalue weighted by molar-refractivity contribution is 7.14. The predicted molar refractivity (Wildman–Crippen MR) is 153 cm³/mol. The van der Waals surface area contributed by atoms with Crippen LogP contribution in [0.15, 0.2) is 41.8 Å². The van der Waals surface area contributed by atoms with Crippen molar-refractivity contribution < 1.29 is 19.4 Å². The molecular weight excluding hydrogens is 512 g/mol. The van der Waals surface area contributed by atoms with Crippen molar-refractivity contribution in [3.63, 3.8) is 0 Å². The van der Waals surface area contributed by atoms with Gasteiger partial charge >= 0.3 is 5.97 Å². The normalized spacial score (nSPS) is 17.3. The summed E-state index contributed by atoms with van der Waals surface area (Å²) in [6, 6.07) is 14.3. The molecule has 8 nitrogen and oxygen atoms in total. The van der Waals surface area contributed by atoms with Crippen LogP contribution in [0.4, 0.5) is 5.13 Å². The fourth-order valence-electron chi connectivity index (χ4n) is 4.93. The summed E-state index contributed by atoms with van der Waals surface area (Å²) < 4.78 is 11.4. The number of aromatic nitrogens is 1. The average molecular weight is 549 g/mol. The molecule has 0 spiro atoms. The Morgan fingerprint density at radius 1 is 1.31 bits per heavy atom. The Labute approximate surface area is 234 Å². The number of carbonyl (C=O) groups is 1. The molecule has 2 atom stereocenters. The minimum Gasteiger partial charge on any atom is -0.488 e. The molecule has 0 aliphatic carbocycles. The molecule has 1 aromatic heterocycles. The Balaban J connectivity index is 1.48. The van der Waals surface area contributed by atoms with Gasteiger partial charge in [-0.2, -0.15) is 5.26 Å². The second kappa shape index (κ2) is 13.1. The molecule has 4 rings (SSSR count). The summed E-state index contributed by atoms with van der Waals surface area (Å²) in [4.78, 5) is 20.7. The summed E-state index contributed by atoms with van der Waals surface area (Å²) in [6.45, 7) is 7.88. The fourth-order valence-corrected chi connectivity index (χ4v) is 5.80. The SMILES string of the molecule is COCCN(C)Cc1ccc(COc2ccc(C)cc2-c2csc(N3CC[C@@H](C(=O)O)C(C)C3)n2)c(C#N)c1. The number of likely N-dealkylation sites (N-methyl/N-ethyl adjacent to an activating group) is 1. The van der Waals surface area contributed by atoms with Crippen LogP contribution in [0, 0.1) is 30.1 Å². The minimum absolute atomic E-state index is 0.0629. The average Bonchev–Trinajstić information content (AvgIpc) is 3.41. The molecule has 1 unspecified atom stereocenters. The lowest BCUT2D eigenvalue weighted by Crippen LogP contribution is -2.42. The largest absolute Gasteiger partial charge is 0.488 e. The van der Waals surface area contributed by atoms with Crippen molar-refractivity contribution in [1.82, 2.24) is 9.88 Å². The second-order valence-corrected chi connectivity index (χ2v) is 11.1. The van der Waals surface area contributed by atoms with Gasteiger partial charge in [-0.25, -0.2) is 4.98 Å². The van der Waals surface area contributed by atoms with Gasteiger partial charge in [0.15, 0.2) is 5.13 Å². The number of methoxy groups -OCH3 is 1. The first-order valence-corrected chi connectivity index (χ1v) is 14.0. The van der Waals surface area contributed by atoms with Gasteiger partial charge in [0.1, 0.15) is 12.4 Å². The van der Waals surface area contributed by atoms with E-state index in [0.29, 0.717) is 37.4 Å². The Morgan fingerprint density at radius 3 is 2.85 bits per heavy atom. The third kappa shape index (κ3) is 7.15. The van der Waals surface area contributed by atoms with E-state index >= 15 is 0 Å². The van der Waals surface area contributed by atoms with E-state index in [1.54, 1.807) is 18.4 Å². The van der Waals surface area contributed by atoms with Crippen LogP contribution in [-0.2, 0) is 22.7 Å². The minimum atomic E-state index is -0.716. The highest BCUT2D eigenvalue weighted by Crippen LogP contribution is 2.36. The predicted octanol–water partition coefficient (Wildman–Crippen LogP) is 5.19. The van der Waals surface area contributed by atoms with Gasteiger partial charge in [0.05, 0.1) is 29.9 Å². The van der Waals surface area contributed by atoms with Crippen LogP contribution in [0.25, 0.3) is 11.3 Å². The zero-order chi connectivity index (χ0) is 27.9. The molecule has 9 heteroatoms. The number of piperidine rings is 1. The summed E-state index contributed by atoms with van der Waals surface area (Å²) >= 11 is 1.57. The van der Waals surface area contributed by atoms with Gasteiger partial charge in [0.2, 0.25) is 0 Å². The van der Waals surface area contributed by atoms with E-state index in [0.717, 1.165) is 46.2 Å². The first kappa shape index (κ1) is 28.6. The number of aliphatic carboxylic acids is 1. The van der Waals surface area contributed by atoms with Gasteiger partial charge in [-0.05, 0) is 50.1 Å². The zero-order valence-corrected chi connectivity index (χ0v) is 23.8. The maximum absolute atomic E-state index is 11.5. The monoisotopic (exact) mass is 548 g/mol.